The van der Waals surface area contributed by atoms with Crippen molar-refractivity contribution in [2.45, 2.75) is 25.7 Å². The van der Waals surface area contributed by atoms with Crippen molar-refractivity contribution in [3.8, 4) is 0 Å². The van der Waals surface area contributed by atoms with Gasteiger partial charge in [0.2, 0.25) is 0 Å². The minimum atomic E-state index is 0.579. The molecule has 2 aromatic rings. The zero-order chi connectivity index (χ0) is 14.2. The van der Waals surface area contributed by atoms with E-state index in [1.54, 1.807) is 0 Å². The first kappa shape index (κ1) is 13.2. The van der Waals surface area contributed by atoms with Crippen LogP contribution in [0.5, 0.6) is 0 Å². The Kier molecular flexibility index (Phi) is 3.36. The number of nitrogens with one attached hydrogen (secondary N) is 1. The first-order valence-electron chi connectivity index (χ1n) is 7.37. The van der Waals surface area contributed by atoms with Gasteiger partial charge in [-0.1, -0.05) is 42.5 Å². The van der Waals surface area contributed by atoms with E-state index >= 15 is 0 Å². The quantitative estimate of drug-likeness (QED) is 0.797. The molecule has 0 fully saturated rings. The smallest absolute Gasteiger partial charge is 0.103 e. The summed E-state index contributed by atoms with van der Waals surface area (Å²) in [5, 5.41) is 4.62. The summed E-state index contributed by atoms with van der Waals surface area (Å²) in [4.78, 5) is 7.16. The van der Waals surface area contributed by atoms with Crippen LogP contribution in [-0.4, -0.2) is 17.2 Å². The van der Waals surface area contributed by atoms with Crippen molar-refractivity contribution < 1.29 is 0 Å². The van der Waals surface area contributed by atoms with Crippen molar-refractivity contribution in [2.24, 2.45) is 4.99 Å². The molecule has 21 heavy (non-hydrogen) atoms. The highest BCUT2D eigenvalue weighted by molar-refractivity contribution is 7.80. The molecule has 0 saturated heterocycles. The summed E-state index contributed by atoms with van der Waals surface area (Å²) >= 11 is 7.27. The molecule has 106 valence electrons. The van der Waals surface area contributed by atoms with Gasteiger partial charge in [-0.2, -0.15) is 0 Å². The van der Waals surface area contributed by atoms with Crippen molar-refractivity contribution in [2.75, 3.05) is 11.9 Å². The molecule has 4 rings (SSSR count). The molecule has 0 unspecified atom stereocenters. The average Bonchev–Trinajstić information content (AvgIpc) is 2.78. The number of rotatable bonds is 1. The Morgan fingerprint density at radius 3 is 2.76 bits per heavy atom. The molecule has 0 amide bonds. The van der Waals surface area contributed by atoms with Gasteiger partial charge in [-0.3, -0.25) is 4.99 Å². The third kappa shape index (κ3) is 2.32. The fourth-order valence-electron chi connectivity index (χ4n) is 3.13. The minimum absolute atomic E-state index is 0.579. The maximum atomic E-state index is 5.40. The summed E-state index contributed by atoms with van der Waals surface area (Å²) in [6, 6.07) is 10.5. The Morgan fingerprint density at radius 1 is 1.10 bits per heavy atom. The van der Waals surface area contributed by atoms with Gasteiger partial charge in [0.25, 0.3) is 0 Å². The Balaban J connectivity index is 1.93. The molecule has 1 aliphatic carbocycles. The maximum Gasteiger partial charge on any atom is 0.103 e. The van der Waals surface area contributed by atoms with Crippen molar-refractivity contribution in [1.82, 2.24) is 0 Å². The largest absolute Gasteiger partial charge is 0.340 e. The molecule has 4 heteroatoms. The van der Waals surface area contributed by atoms with Crippen LogP contribution in [-0.2, 0) is 12.8 Å². The van der Waals surface area contributed by atoms with E-state index in [2.05, 4.69) is 29.6 Å². The molecular formula is C17H16N2S2. The second kappa shape index (κ2) is 5.35. The number of thiophene rings is 1. The summed E-state index contributed by atoms with van der Waals surface area (Å²) in [6.07, 6.45) is 4.95. The first-order chi connectivity index (χ1) is 10.3. The molecule has 1 aromatic carbocycles. The van der Waals surface area contributed by atoms with E-state index < -0.39 is 0 Å². The van der Waals surface area contributed by atoms with Crippen LogP contribution < -0.4 is 5.32 Å². The zero-order valence-corrected chi connectivity index (χ0v) is 13.3. The van der Waals surface area contributed by atoms with Crippen molar-refractivity contribution >= 4 is 39.3 Å². The van der Waals surface area contributed by atoms with Crippen LogP contribution in [0, 0.1) is 0 Å². The summed E-state index contributed by atoms with van der Waals surface area (Å²) < 4.78 is 0. The second-order valence-corrected chi connectivity index (χ2v) is 7.09. The van der Waals surface area contributed by atoms with Crippen molar-refractivity contribution in [3.63, 3.8) is 0 Å². The number of aryl methyl sites for hydroxylation is 1. The molecule has 0 spiro atoms. The van der Waals surface area contributed by atoms with Crippen LogP contribution in [0.2, 0.25) is 0 Å². The monoisotopic (exact) mass is 312 g/mol. The average molecular weight is 312 g/mol. The first-order valence-corrected chi connectivity index (χ1v) is 8.60. The Hall–Kier alpha value is -1.52. The van der Waals surface area contributed by atoms with Gasteiger partial charge >= 0.3 is 0 Å². The number of fused-ring (bicyclic) bond motifs is 3. The third-order valence-corrected chi connectivity index (χ3v) is 5.53. The Morgan fingerprint density at radius 2 is 1.90 bits per heavy atom. The summed E-state index contributed by atoms with van der Waals surface area (Å²) in [5.74, 6) is 0. The molecule has 0 bridgehead atoms. The number of anilines is 1. The number of benzene rings is 1. The van der Waals surface area contributed by atoms with E-state index in [9.17, 15) is 0 Å². The molecule has 1 aromatic heterocycles. The predicted octanol–water partition coefficient (Wildman–Crippen LogP) is 4.22. The van der Waals surface area contributed by atoms with Crippen molar-refractivity contribution in [1.29, 1.82) is 0 Å². The van der Waals surface area contributed by atoms with E-state index in [-0.39, 0.29) is 0 Å². The zero-order valence-electron chi connectivity index (χ0n) is 11.7. The molecule has 2 aliphatic rings. The van der Waals surface area contributed by atoms with Gasteiger partial charge in [0.15, 0.2) is 0 Å². The second-order valence-electron chi connectivity index (χ2n) is 5.49. The number of hydrogen-bond acceptors (Lipinski definition) is 3. The van der Waals surface area contributed by atoms with Gasteiger partial charge in [0.1, 0.15) is 9.99 Å². The van der Waals surface area contributed by atoms with Gasteiger partial charge in [-0.15, -0.1) is 11.3 Å². The highest BCUT2D eigenvalue weighted by Gasteiger charge is 2.26. The highest BCUT2D eigenvalue weighted by atomic mass is 32.1. The standard InChI is InChI=1S/C17H16N2S2/c20-14-10-18-16(11-6-2-1-3-7-11)15-12-8-4-5-9-13(12)21-17(15)19-14/h1-3,6-7H,4-5,8-10H2,(H,19,20). The van der Waals surface area contributed by atoms with Crippen LogP contribution in [0.25, 0.3) is 0 Å². The van der Waals surface area contributed by atoms with Gasteiger partial charge in [0.05, 0.1) is 12.3 Å². The molecule has 2 heterocycles. The number of aliphatic imine (C=N–C) groups is 1. The van der Waals surface area contributed by atoms with Crippen LogP contribution in [0.3, 0.4) is 0 Å². The maximum absolute atomic E-state index is 5.40. The fourth-order valence-corrected chi connectivity index (χ4v) is 4.68. The van der Waals surface area contributed by atoms with E-state index in [1.165, 1.54) is 52.3 Å². The summed E-state index contributed by atoms with van der Waals surface area (Å²) in [6.45, 7) is 0.579. The molecule has 1 aliphatic heterocycles. The number of thiocarbonyl (C=S) groups is 1. The lowest BCUT2D eigenvalue weighted by Gasteiger charge is -2.14. The minimum Gasteiger partial charge on any atom is -0.340 e. The lowest BCUT2D eigenvalue weighted by atomic mass is 9.91. The summed E-state index contributed by atoms with van der Waals surface area (Å²) in [7, 11) is 0. The molecule has 2 nitrogen and oxygen atoms in total. The Bertz CT molecular complexity index is 729. The predicted molar refractivity (Wildman–Crippen MR) is 94.1 cm³/mol. The van der Waals surface area contributed by atoms with Crippen molar-refractivity contribution in [3.05, 3.63) is 51.9 Å². The molecule has 0 atom stereocenters. The molecular weight excluding hydrogens is 296 g/mol. The fraction of sp³-hybridized carbons (Fsp3) is 0.294. The molecule has 0 radical (unpaired) electrons. The Labute approximate surface area is 133 Å². The molecule has 1 N–H and O–H groups in total. The van der Waals surface area contributed by atoms with E-state index in [0.29, 0.717) is 6.54 Å². The lowest BCUT2D eigenvalue weighted by Crippen LogP contribution is -2.09. The van der Waals surface area contributed by atoms with Crippen LogP contribution >= 0.6 is 23.6 Å². The third-order valence-electron chi connectivity index (χ3n) is 4.09. The number of hydrogen-bond donors (Lipinski definition) is 1. The SMILES string of the molecule is S=C1CN=C(c2ccccc2)c2c(sc3c2CCCC3)N1. The van der Waals surface area contributed by atoms with E-state index in [0.717, 1.165) is 10.7 Å². The number of nitrogens with zero attached hydrogens (tertiary/aromatic N) is 1. The van der Waals surface area contributed by atoms with Gasteiger partial charge in [0, 0.05) is 16.0 Å². The lowest BCUT2D eigenvalue weighted by molar-refractivity contribution is 0.696. The van der Waals surface area contributed by atoms with Gasteiger partial charge < -0.3 is 5.32 Å². The van der Waals surface area contributed by atoms with Crippen LogP contribution in [0.15, 0.2) is 35.3 Å². The topological polar surface area (TPSA) is 24.4 Å². The van der Waals surface area contributed by atoms with Crippen LogP contribution in [0.1, 0.15) is 34.4 Å². The summed E-state index contributed by atoms with van der Waals surface area (Å²) in [5.41, 5.74) is 5.11. The van der Waals surface area contributed by atoms with E-state index in [1.807, 2.05) is 17.4 Å². The molecule has 0 saturated carbocycles. The van der Waals surface area contributed by atoms with Gasteiger partial charge in [-0.25, -0.2) is 0 Å². The van der Waals surface area contributed by atoms with Gasteiger partial charge in [-0.05, 0) is 31.2 Å². The van der Waals surface area contributed by atoms with Crippen LogP contribution in [0.4, 0.5) is 5.00 Å². The highest BCUT2D eigenvalue weighted by Crippen LogP contribution is 2.40. The van der Waals surface area contributed by atoms with E-state index in [4.69, 9.17) is 17.2 Å². The normalized spacial score (nSPS) is 17.3.